The molecular formula is C13H11F3N4O4. The Labute approximate surface area is 131 Å². The summed E-state index contributed by atoms with van der Waals surface area (Å²) >= 11 is 0. The Bertz CT molecular complexity index is 827. The molecule has 2 aromatic heterocycles. The van der Waals surface area contributed by atoms with Crippen LogP contribution in [-0.4, -0.2) is 33.2 Å². The zero-order valence-corrected chi connectivity index (χ0v) is 12.0. The van der Waals surface area contributed by atoms with E-state index in [0.717, 1.165) is 29.1 Å². The maximum Gasteiger partial charge on any atom is 0.422 e. The molecule has 128 valence electrons. The highest BCUT2D eigenvalue weighted by Gasteiger charge is 2.28. The predicted molar refractivity (Wildman–Crippen MR) is 75.7 cm³/mol. The largest absolute Gasteiger partial charge is 0.468 e. The Hall–Kier alpha value is -3.11. The van der Waals surface area contributed by atoms with Crippen molar-refractivity contribution in [3.05, 3.63) is 51.4 Å². The van der Waals surface area contributed by atoms with E-state index in [0.29, 0.717) is 0 Å². The minimum absolute atomic E-state index is 0.205. The average Bonchev–Trinajstić information content (AvgIpc) is 2.49. The lowest BCUT2D eigenvalue weighted by Crippen LogP contribution is -2.32. The Kier molecular flexibility index (Phi) is 5.02. The summed E-state index contributed by atoms with van der Waals surface area (Å²) in [5.74, 6) is -0.836. The molecule has 11 heteroatoms. The molecule has 0 fully saturated rings. The highest BCUT2D eigenvalue weighted by atomic mass is 19.4. The van der Waals surface area contributed by atoms with E-state index in [1.807, 2.05) is 4.98 Å². The van der Waals surface area contributed by atoms with Gasteiger partial charge in [-0.1, -0.05) is 0 Å². The second-order valence-corrected chi connectivity index (χ2v) is 4.58. The number of carbonyl (C=O) groups is 1. The molecule has 2 aromatic rings. The number of rotatable bonds is 5. The number of aromatic nitrogens is 3. The monoisotopic (exact) mass is 344 g/mol. The number of aromatic amines is 1. The fourth-order valence-electron chi connectivity index (χ4n) is 1.62. The summed E-state index contributed by atoms with van der Waals surface area (Å²) in [6, 6.07) is 3.54. The number of anilines is 1. The number of nitrogens with zero attached hydrogens (tertiary/aromatic N) is 2. The van der Waals surface area contributed by atoms with Crippen LogP contribution < -0.4 is 21.3 Å². The number of carbonyl (C=O) groups excluding carboxylic acids is 1. The fourth-order valence-corrected chi connectivity index (χ4v) is 1.62. The molecule has 0 bridgehead atoms. The summed E-state index contributed by atoms with van der Waals surface area (Å²) in [6.45, 7) is -1.83. The van der Waals surface area contributed by atoms with Gasteiger partial charge in [-0.2, -0.15) is 13.2 Å². The number of ether oxygens (including phenoxy) is 1. The molecule has 0 aliphatic carbocycles. The van der Waals surface area contributed by atoms with Gasteiger partial charge in [0.2, 0.25) is 11.8 Å². The summed E-state index contributed by atoms with van der Waals surface area (Å²) in [5.41, 5.74) is -1.13. The van der Waals surface area contributed by atoms with Crippen molar-refractivity contribution in [2.75, 3.05) is 11.9 Å². The van der Waals surface area contributed by atoms with Crippen LogP contribution in [0.15, 0.2) is 40.2 Å². The van der Waals surface area contributed by atoms with Gasteiger partial charge in [-0.3, -0.25) is 19.1 Å². The van der Waals surface area contributed by atoms with E-state index in [4.69, 9.17) is 0 Å². The number of pyridine rings is 1. The van der Waals surface area contributed by atoms with Gasteiger partial charge < -0.3 is 10.1 Å². The topological polar surface area (TPSA) is 106 Å². The fraction of sp³-hybridized carbons (Fsp3) is 0.231. The molecule has 8 nitrogen and oxygen atoms in total. The SMILES string of the molecule is O=C(Cn1ccc(=O)[nH]c1=O)Nc1ccc(OCC(F)(F)F)nc1. The van der Waals surface area contributed by atoms with Gasteiger partial charge in [0.15, 0.2) is 6.61 Å². The van der Waals surface area contributed by atoms with E-state index in [2.05, 4.69) is 15.0 Å². The molecule has 0 spiro atoms. The molecule has 0 saturated heterocycles. The highest BCUT2D eigenvalue weighted by molar-refractivity contribution is 5.90. The molecule has 0 aromatic carbocycles. The minimum atomic E-state index is -4.47. The van der Waals surface area contributed by atoms with Crippen LogP contribution in [-0.2, 0) is 11.3 Å². The summed E-state index contributed by atoms with van der Waals surface area (Å²) in [4.78, 5) is 39.7. The van der Waals surface area contributed by atoms with Crippen LogP contribution in [0.1, 0.15) is 0 Å². The van der Waals surface area contributed by atoms with Crippen molar-refractivity contribution < 1.29 is 22.7 Å². The van der Waals surface area contributed by atoms with E-state index >= 15 is 0 Å². The van der Waals surface area contributed by atoms with Crippen molar-refractivity contribution in [1.29, 1.82) is 0 Å². The van der Waals surface area contributed by atoms with Gasteiger partial charge >= 0.3 is 11.9 Å². The second-order valence-electron chi connectivity index (χ2n) is 4.58. The van der Waals surface area contributed by atoms with Crippen molar-refractivity contribution in [3.8, 4) is 5.88 Å². The van der Waals surface area contributed by atoms with Crippen LogP contribution in [0.5, 0.6) is 5.88 Å². The minimum Gasteiger partial charge on any atom is -0.468 e. The zero-order chi connectivity index (χ0) is 17.7. The molecule has 0 atom stereocenters. The molecule has 0 unspecified atom stereocenters. The van der Waals surface area contributed by atoms with Gasteiger partial charge in [-0.25, -0.2) is 9.78 Å². The van der Waals surface area contributed by atoms with Crippen molar-refractivity contribution in [3.63, 3.8) is 0 Å². The van der Waals surface area contributed by atoms with Gasteiger partial charge in [0.25, 0.3) is 5.56 Å². The van der Waals surface area contributed by atoms with Gasteiger partial charge in [-0.05, 0) is 6.07 Å². The van der Waals surface area contributed by atoms with Crippen LogP contribution in [0.4, 0.5) is 18.9 Å². The Morgan fingerprint density at radius 3 is 2.62 bits per heavy atom. The van der Waals surface area contributed by atoms with Crippen molar-refractivity contribution in [2.45, 2.75) is 12.7 Å². The third kappa shape index (κ3) is 5.26. The van der Waals surface area contributed by atoms with Crippen LogP contribution >= 0.6 is 0 Å². The van der Waals surface area contributed by atoms with Crippen LogP contribution in [0, 0.1) is 0 Å². The molecule has 0 radical (unpaired) electrons. The summed E-state index contributed by atoms with van der Waals surface area (Å²) in [6.07, 6.45) is -2.20. The number of alkyl halides is 3. The lowest BCUT2D eigenvalue weighted by atomic mass is 10.4. The van der Waals surface area contributed by atoms with E-state index in [1.165, 1.54) is 6.07 Å². The smallest absolute Gasteiger partial charge is 0.422 e. The summed E-state index contributed by atoms with van der Waals surface area (Å²) in [7, 11) is 0. The first-order chi connectivity index (χ1) is 11.2. The first kappa shape index (κ1) is 17.2. The number of hydrogen-bond donors (Lipinski definition) is 2. The van der Waals surface area contributed by atoms with Crippen molar-refractivity contribution in [2.24, 2.45) is 0 Å². The molecule has 24 heavy (non-hydrogen) atoms. The van der Waals surface area contributed by atoms with Gasteiger partial charge in [0.05, 0.1) is 11.9 Å². The number of hydrogen-bond acceptors (Lipinski definition) is 5. The van der Waals surface area contributed by atoms with Crippen LogP contribution in [0.25, 0.3) is 0 Å². The lowest BCUT2D eigenvalue weighted by molar-refractivity contribution is -0.154. The number of nitrogens with one attached hydrogen (secondary N) is 2. The molecular weight excluding hydrogens is 333 g/mol. The lowest BCUT2D eigenvalue weighted by Gasteiger charge is -2.09. The first-order valence-electron chi connectivity index (χ1n) is 6.48. The molecule has 2 rings (SSSR count). The number of H-pyrrole nitrogens is 1. The quantitative estimate of drug-likeness (QED) is 0.822. The average molecular weight is 344 g/mol. The van der Waals surface area contributed by atoms with E-state index in [-0.39, 0.29) is 18.1 Å². The van der Waals surface area contributed by atoms with Crippen molar-refractivity contribution in [1.82, 2.24) is 14.5 Å². The third-order valence-corrected chi connectivity index (χ3v) is 2.61. The molecule has 0 aliphatic rings. The van der Waals surface area contributed by atoms with Gasteiger partial charge in [0, 0.05) is 18.3 Å². The Morgan fingerprint density at radius 2 is 2.04 bits per heavy atom. The van der Waals surface area contributed by atoms with Crippen molar-refractivity contribution >= 4 is 11.6 Å². The highest BCUT2D eigenvalue weighted by Crippen LogP contribution is 2.17. The van der Waals surface area contributed by atoms with E-state index < -0.39 is 29.9 Å². The standard InChI is InChI=1S/C13H11F3N4O4/c14-13(15,16)7-24-11-2-1-8(5-17-11)18-10(22)6-20-4-3-9(21)19-12(20)23/h1-5H,6-7H2,(H,18,22)(H,19,21,23). The maximum absolute atomic E-state index is 12.0. The zero-order valence-electron chi connectivity index (χ0n) is 12.0. The Balaban J connectivity index is 1.94. The van der Waals surface area contributed by atoms with Crippen LogP contribution in [0.3, 0.4) is 0 Å². The van der Waals surface area contributed by atoms with Gasteiger partial charge in [0.1, 0.15) is 6.54 Å². The predicted octanol–water partition coefficient (Wildman–Crippen LogP) is 0.511. The molecule has 1 amide bonds. The normalized spacial score (nSPS) is 11.1. The number of halogens is 3. The Morgan fingerprint density at radius 1 is 1.29 bits per heavy atom. The number of amides is 1. The molecule has 0 aliphatic heterocycles. The first-order valence-corrected chi connectivity index (χ1v) is 6.48. The van der Waals surface area contributed by atoms with E-state index in [9.17, 15) is 27.6 Å². The summed E-state index contributed by atoms with van der Waals surface area (Å²) in [5, 5.41) is 2.40. The molecule has 0 saturated carbocycles. The maximum atomic E-state index is 12.0. The second kappa shape index (κ2) is 6.98. The van der Waals surface area contributed by atoms with E-state index in [1.54, 1.807) is 0 Å². The van der Waals surface area contributed by atoms with Crippen LogP contribution in [0.2, 0.25) is 0 Å². The summed E-state index contributed by atoms with van der Waals surface area (Å²) < 4.78 is 41.4. The third-order valence-electron chi connectivity index (χ3n) is 2.61. The molecule has 2 heterocycles. The van der Waals surface area contributed by atoms with Gasteiger partial charge in [-0.15, -0.1) is 0 Å². The molecule has 2 N–H and O–H groups in total.